The first-order chi connectivity index (χ1) is 8.58. The van der Waals surface area contributed by atoms with E-state index < -0.39 is 0 Å². The first-order valence-electron chi connectivity index (χ1n) is 5.95. The summed E-state index contributed by atoms with van der Waals surface area (Å²) in [5, 5.41) is 3.24. The minimum Gasteiger partial charge on any atom is -0.397 e. The van der Waals surface area contributed by atoms with Crippen LogP contribution in [0.4, 0.5) is 15.8 Å². The Kier molecular flexibility index (Phi) is 3.51. The number of anilines is 2. The van der Waals surface area contributed by atoms with Gasteiger partial charge in [-0.2, -0.15) is 0 Å². The Balaban J connectivity index is 2.24. The van der Waals surface area contributed by atoms with Crippen molar-refractivity contribution in [3.8, 4) is 0 Å². The van der Waals surface area contributed by atoms with Gasteiger partial charge in [-0.1, -0.05) is 24.3 Å². The predicted octanol–water partition coefficient (Wildman–Crippen LogP) is 3.89. The number of hydrogen-bond acceptors (Lipinski definition) is 2. The molecule has 3 N–H and O–H groups in total. The van der Waals surface area contributed by atoms with Crippen LogP contribution in [0.1, 0.15) is 24.1 Å². The fraction of sp³-hybridized carbons (Fsp3) is 0.200. The molecule has 18 heavy (non-hydrogen) atoms. The van der Waals surface area contributed by atoms with Crippen molar-refractivity contribution < 1.29 is 4.39 Å². The lowest BCUT2D eigenvalue weighted by Gasteiger charge is -2.18. The highest BCUT2D eigenvalue weighted by Crippen LogP contribution is 2.26. The topological polar surface area (TPSA) is 38.0 Å². The summed E-state index contributed by atoms with van der Waals surface area (Å²) in [5.74, 6) is -0.205. The zero-order chi connectivity index (χ0) is 13.1. The van der Waals surface area contributed by atoms with Crippen molar-refractivity contribution in [1.29, 1.82) is 0 Å². The standard InChI is InChI=1S/C15H17FN2/c1-10-7-8-14(17)15(9-10)18-11(2)12-5-3-4-6-13(12)16/h3-9,11,18H,17H2,1-2H3. The van der Waals surface area contributed by atoms with E-state index in [1.54, 1.807) is 12.1 Å². The van der Waals surface area contributed by atoms with Gasteiger partial charge in [0.1, 0.15) is 5.82 Å². The molecule has 0 saturated heterocycles. The molecule has 2 aromatic carbocycles. The molecule has 0 heterocycles. The third kappa shape index (κ3) is 2.62. The minimum absolute atomic E-state index is 0.129. The second kappa shape index (κ2) is 5.08. The Morgan fingerprint density at radius 1 is 1.17 bits per heavy atom. The SMILES string of the molecule is Cc1ccc(N)c(NC(C)c2ccccc2F)c1. The molecule has 0 saturated carbocycles. The number of nitrogen functional groups attached to an aromatic ring is 1. The largest absolute Gasteiger partial charge is 0.397 e. The molecule has 2 aromatic rings. The van der Waals surface area contributed by atoms with E-state index in [9.17, 15) is 4.39 Å². The lowest BCUT2D eigenvalue weighted by molar-refractivity contribution is 0.600. The molecule has 2 rings (SSSR count). The van der Waals surface area contributed by atoms with E-state index in [0.29, 0.717) is 11.3 Å². The van der Waals surface area contributed by atoms with Gasteiger partial charge in [0.2, 0.25) is 0 Å². The molecule has 0 aromatic heterocycles. The normalized spacial score (nSPS) is 12.2. The molecule has 0 aliphatic rings. The second-order valence-electron chi connectivity index (χ2n) is 4.48. The number of hydrogen-bond donors (Lipinski definition) is 2. The fourth-order valence-electron chi connectivity index (χ4n) is 1.93. The first-order valence-corrected chi connectivity index (χ1v) is 5.95. The van der Waals surface area contributed by atoms with Crippen LogP contribution in [0.3, 0.4) is 0 Å². The van der Waals surface area contributed by atoms with Gasteiger partial charge in [-0.25, -0.2) is 4.39 Å². The highest BCUT2D eigenvalue weighted by Gasteiger charge is 2.11. The summed E-state index contributed by atoms with van der Waals surface area (Å²) in [4.78, 5) is 0. The van der Waals surface area contributed by atoms with Crippen LogP contribution in [0.2, 0.25) is 0 Å². The van der Waals surface area contributed by atoms with Crippen molar-refractivity contribution in [2.24, 2.45) is 0 Å². The van der Waals surface area contributed by atoms with E-state index in [2.05, 4.69) is 5.32 Å². The van der Waals surface area contributed by atoms with Crippen LogP contribution in [-0.4, -0.2) is 0 Å². The Bertz CT molecular complexity index is 552. The van der Waals surface area contributed by atoms with Crippen LogP contribution in [0.15, 0.2) is 42.5 Å². The van der Waals surface area contributed by atoms with E-state index in [1.165, 1.54) is 6.07 Å². The summed E-state index contributed by atoms with van der Waals surface area (Å²) in [6.45, 7) is 3.92. The van der Waals surface area contributed by atoms with Gasteiger partial charge < -0.3 is 11.1 Å². The second-order valence-corrected chi connectivity index (χ2v) is 4.48. The minimum atomic E-state index is -0.205. The third-order valence-electron chi connectivity index (χ3n) is 2.95. The number of aryl methyl sites for hydroxylation is 1. The number of benzene rings is 2. The number of nitrogens with two attached hydrogens (primary N) is 1. The van der Waals surface area contributed by atoms with Crippen LogP contribution in [0.5, 0.6) is 0 Å². The van der Waals surface area contributed by atoms with E-state index in [1.807, 2.05) is 38.1 Å². The Morgan fingerprint density at radius 2 is 1.89 bits per heavy atom. The van der Waals surface area contributed by atoms with E-state index in [-0.39, 0.29) is 11.9 Å². The molecule has 3 heteroatoms. The van der Waals surface area contributed by atoms with Gasteiger partial charge >= 0.3 is 0 Å². The monoisotopic (exact) mass is 244 g/mol. The van der Waals surface area contributed by atoms with Crippen molar-refractivity contribution >= 4 is 11.4 Å². The van der Waals surface area contributed by atoms with Gasteiger partial charge in [0.15, 0.2) is 0 Å². The van der Waals surface area contributed by atoms with Crippen LogP contribution >= 0.6 is 0 Å². The Hall–Kier alpha value is -2.03. The summed E-state index contributed by atoms with van der Waals surface area (Å²) < 4.78 is 13.7. The van der Waals surface area contributed by atoms with Crippen molar-refractivity contribution in [2.75, 3.05) is 11.1 Å². The van der Waals surface area contributed by atoms with Gasteiger partial charge in [-0.05, 0) is 37.6 Å². The zero-order valence-corrected chi connectivity index (χ0v) is 10.6. The van der Waals surface area contributed by atoms with Crippen LogP contribution in [0.25, 0.3) is 0 Å². The average Bonchev–Trinajstić information content (AvgIpc) is 2.34. The molecule has 2 nitrogen and oxygen atoms in total. The van der Waals surface area contributed by atoms with Gasteiger partial charge in [-0.3, -0.25) is 0 Å². The average molecular weight is 244 g/mol. The van der Waals surface area contributed by atoms with Crippen molar-refractivity contribution in [2.45, 2.75) is 19.9 Å². The van der Waals surface area contributed by atoms with Crippen LogP contribution < -0.4 is 11.1 Å². The molecule has 0 bridgehead atoms. The first kappa shape index (κ1) is 12.4. The molecule has 0 radical (unpaired) electrons. The molecule has 0 aliphatic carbocycles. The quantitative estimate of drug-likeness (QED) is 0.804. The molecular formula is C15H17FN2. The van der Waals surface area contributed by atoms with Gasteiger partial charge in [0, 0.05) is 5.56 Å². The van der Waals surface area contributed by atoms with E-state index in [4.69, 9.17) is 5.73 Å². The Labute approximate surface area is 107 Å². The molecule has 1 unspecified atom stereocenters. The summed E-state index contributed by atoms with van der Waals surface area (Å²) in [5.41, 5.74) is 9.16. The fourth-order valence-corrected chi connectivity index (χ4v) is 1.93. The maximum atomic E-state index is 13.7. The summed E-state index contributed by atoms with van der Waals surface area (Å²) in [6.07, 6.45) is 0. The highest BCUT2D eigenvalue weighted by molar-refractivity contribution is 5.67. The number of rotatable bonds is 3. The summed E-state index contributed by atoms with van der Waals surface area (Å²) in [7, 11) is 0. The van der Waals surface area contributed by atoms with Crippen molar-refractivity contribution in [1.82, 2.24) is 0 Å². The van der Waals surface area contributed by atoms with Crippen LogP contribution in [-0.2, 0) is 0 Å². The predicted molar refractivity (Wildman–Crippen MR) is 74.0 cm³/mol. The summed E-state index contributed by atoms with van der Waals surface area (Å²) in [6, 6.07) is 12.4. The van der Waals surface area contributed by atoms with E-state index >= 15 is 0 Å². The smallest absolute Gasteiger partial charge is 0.128 e. The maximum Gasteiger partial charge on any atom is 0.128 e. The summed E-state index contributed by atoms with van der Waals surface area (Å²) >= 11 is 0. The van der Waals surface area contributed by atoms with Crippen molar-refractivity contribution in [3.63, 3.8) is 0 Å². The lowest BCUT2D eigenvalue weighted by atomic mass is 10.1. The molecule has 1 atom stereocenters. The van der Waals surface area contributed by atoms with Gasteiger partial charge in [0.05, 0.1) is 17.4 Å². The van der Waals surface area contributed by atoms with Crippen LogP contribution in [0, 0.1) is 12.7 Å². The molecule has 0 amide bonds. The Morgan fingerprint density at radius 3 is 2.61 bits per heavy atom. The lowest BCUT2D eigenvalue weighted by Crippen LogP contribution is -2.10. The molecular weight excluding hydrogens is 227 g/mol. The molecule has 0 aliphatic heterocycles. The van der Waals surface area contributed by atoms with E-state index in [0.717, 1.165) is 11.3 Å². The zero-order valence-electron chi connectivity index (χ0n) is 10.6. The van der Waals surface area contributed by atoms with Gasteiger partial charge in [-0.15, -0.1) is 0 Å². The highest BCUT2D eigenvalue weighted by atomic mass is 19.1. The number of nitrogens with one attached hydrogen (secondary N) is 1. The maximum absolute atomic E-state index is 13.7. The van der Waals surface area contributed by atoms with Crippen molar-refractivity contribution in [3.05, 3.63) is 59.4 Å². The molecule has 94 valence electrons. The molecule has 0 spiro atoms. The third-order valence-corrected chi connectivity index (χ3v) is 2.95. The van der Waals surface area contributed by atoms with Gasteiger partial charge in [0.25, 0.3) is 0 Å². The number of halogens is 1. The molecule has 0 fully saturated rings.